The summed E-state index contributed by atoms with van der Waals surface area (Å²) in [5, 5.41) is 0. The van der Waals surface area contributed by atoms with Crippen molar-refractivity contribution in [2.75, 3.05) is 0 Å². The smallest absolute Gasteiger partial charge is 0.412 e. The first-order valence-electron chi connectivity index (χ1n) is 0.926. The minimum Gasteiger partial charge on any atom is -0.412 e. The first kappa shape index (κ1) is 22.8. The molecule has 0 amide bonds. The minimum atomic E-state index is -3.65. The van der Waals surface area contributed by atoms with Gasteiger partial charge in [0.05, 0.1) is 0 Å². The van der Waals surface area contributed by atoms with Crippen LogP contribution in [0.25, 0.3) is 0 Å². The third-order valence-corrected chi connectivity index (χ3v) is 0. The summed E-state index contributed by atoms with van der Waals surface area (Å²) in [7, 11) is 0. The van der Waals surface area contributed by atoms with Crippen LogP contribution in [0.3, 0.4) is 0 Å². The molecule has 60 valence electrons. The molecule has 0 saturated carbocycles. The Kier molecular flexibility index (Phi) is 39.6. The average molecular weight is 411 g/mol. The van der Waals surface area contributed by atoms with Crippen molar-refractivity contribution in [3.05, 3.63) is 0 Å². The van der Waals surface area contributed by atoms with E-state index in [9.17, 15) is 0 Å². The molecular weight excluding hydrogens is 409 g/mol. The molecule has 0 spiro atoms. The molecule has 0 fully saturated rings. The van der Waals surface area contributed by atoms with E-state index < -0.39 is 29.6 Å². The number of rotatable bonds is 0. The summed E-state index contributed by atoms with van der Waals surface area (Å²) in [6, 6.07) is 0. The van der Waals surface area contributed by atoms with Crippen LogP contribution in [0.5, 0.6) is 0 Å². The minimum absolute atomic E-state index is 0. The quantitative estimate of drug-likeness (QED) is 0.359. The molecule has 0 rings (SSSR count). The molecule has 0 heterocycles. The van der Waals surface area contributed by atoms with Gasteiger partial charge in [-0.15, -0.1) is 0 Å². The van der Waals surface area contributed by atoms with Gasteiger partial charge < -0.3 is 30.7 Å². The normalized spacial score (nSPS) is 7.20. The van der Waals surface area contributed by atoms with Crippen LogP contribution in [-0.2, 0) is 0 Å². The van der Waals surface area contributed by atoms with Gasteiger partial charge in [-0.05, 0) is 0 Å². The van der Waals surface area contributed by atoms with Gasteiger partial charge in [0.25, 0.3) is 0 Å². The molecule has 10 heteroatoms. The van der Waals surface area contributed by atoms with Crippen LogP contribution in [0, 0.1) is 29.6 Å². The summed E-state index contributed by atoms with van der Waals surface area (Å²) in [6.07, 6.45) is 0. The summed E-state index contributed by atoms with van der Waals surface area (Å²) in [4.78, 5) is 0. The van der Waals surface area contributed by atoms with Gasteiger partial charge >= 0.3 is 48.9 Å². The zero-order valence-electron chi connectivity index (χ0n) is 4.41. The molecule has 0 bridgehead atoms. The average Bonchev–Trinajstić information content (AvgIpc) is 1.25. The van der Waals surface area contributed by atoms with E-state index in [2.05, 4.69) is 0 Å². The van der Waals surface area contributed by atoms with Crippen molar-refractivity contribution in [1.29, 1.82) is 0 Å². The maximum absolute atomic E-state index is 8.52. The topological polar surface area (TPSA) is 170 Å². The van der Waals surface area contributed by atoms with Crippen LogP contribution >= 0.6 is 0 Å². The van der Waals surface area contributed by atoms with Gasteiger partial charge in [-0.3, -0.25) is 0 Å². The summed E-state index contributed by atoms with van der Waals surface area (Å²) in [5.41, 5.74) is 0. The van der Waals surface area contributed by atoms with Crippen LogP contribution in [-0.4, -0.2) is 54.4 Å². The monoisotopic (exact) mass is 410 g/mol. The molecule has 0 aromatic rings. The second kappa shape index (κ2) is 17.4. The number of halogens is 2. The standard InChI is InChI=1S/Ba.2BrO3.H2O/c;2*2-1(3)4;/h;;;1H2/q+2;2*-1;. The maximum Gasteiger partial charge on any atom is 2.00 e. The Hall–Kier alpha value is 2.25. The zero-order valence-corrected chi connectivity index (χ0v) is 12.0. The van der Waals surface area contributed by atoms with Crippen molar-refractivity contribution in [2.45, 2.75) is 0 Å². The van der Waals surface area contributed by atoms with Gasteiger partial charge in [-0.1, -0.05) is 0 Å². The molecule has 0 atom stereocenters. The third kappa shape index (κ3) is 173. The zero-order chi connectivity index (χ0) is 7.15. The molecule has 0 aliphatic heterocycles. The Balaban J connectivity index is -0.0000000300. The predicted octanol–water partition coefficient (Wildman–Crippen LogP) is -8.34. The summed E-state index contributed by atoms with van der Waals surface area (Å²) in [5.74, 6) is 0. The van der Waals surface area contributed by atoms with Crippen LogP contribution in [0.4, 0.5) is 0 Å². The molecule has 0 unspecified atom stereocenters. The van der Waals surface area contributed by atoms with Gasteiger partial charge in [-0.25, -0.2) is 0 Å². The van der Waals surface area contributed by atoms with Gasteiger partial charge in [0.15, 0.2) is 0 Å². The van der Waals surface area contributed by atoms with E-state index in [1.54, 1.807) is 0 Å². The number of hydrogen-bond acceptors (Lipinski definition) is 6. The van der Waals surface area contributed by atoms with Gasteiger partial charge in [0.1, 0.15) is 0 Å². The van der Waals surface area contributed by atoms with Gasteiger partial charge in [0, 0.05) is 0 Å². The molecule has 10 heavy (non-hydrogen) atoms. The fourth-order valence-electron chi connectivity index (χ4n) is 0. The van der Waals surface area contributed by atoms with E-state index in [1.807, 2.05) is 0 Å². The van der Waals surface area contributed by atoms with E-state index in [-0.39, 0.29) is 54.4 Å². The largest absolute Gasteiger partial charge is 2.00 e. The molecule has 0 radical (unpaired) electrons. The maximum atomic E-state index is 8.52. The van der Waals surface area contributed by atoms with E-state index in [1.165, 1.54) is 0 Å². The molecule has 7 nitrogen and oxygen atoms in total. The molecule has 2 N–H and O–H groups in total. The van der Waals surface area contributed by atoms with Crippen molar-refractivity contribution in [3.8, 4) is 0 Å². The van der Waals surface area contributed by atoms with Crippen LogP contribution in [0.15, 0.2) is 0 Å². The first-order valence-corrected chi connectivity index (χ1v) is 4.81. The summed E-state index contributed by atoms with van der Waals surface area (Å²) in [6.45, 7) is 0. The second-order valence-corrected chi connectivity index (χ2v) is 1.96. The number of hydrogen-bond donors (Lipinski definition) is 0. The molecule has 0 aromatic heterocycles. The van der Waals surface area contributed by atoms with Crippen molar-refractivity contribution in [2.24, 2.45) is 0 Å². The fourth-order valence-corrected chi connectivity index (χ4v) is 0. The van der Waals surface area contributed by atoms with Crippen molar-refractivity contribution in [3.63, 3.8) is 0 Å². The fraction of sp³-hybridized carbons (Fsp3) is 0. The Morgan fingerprint density at radius 2 is 0.600 bits per heavy atom. The van der Waals surface area contributed by atoms with E-state index >= 15 is 0 Å². The van der Waals surface area contributed by atoms with Crippen molar-refractivity contribution in [1.82, 2.24) is 0 Å². The Morgan fingerprint density at radius 3 is 0.600 bits per heavy atom. The third-order valence-electron chi connectivity index (χ3n) is 0. The SMILES string of the molecule is O.[Ba+2].[O-][Br+2]([O-])[O-].[O-][Br+2]([O-])[O-]. The molecule has 0 aliphatic carbocycles. The summed E-state index contributed by atoms with van der Waals surface area (Å²) < 4.78 is 51.1. The van der Waals surface area contributed by atoms with Crippen molar-refractivity contribution >= 4 is 48.9 Å². The Morgan fingerprint density at radius 1 is 0.600 bits per heavy atom. The van der Waals surface area contributed by atoms with Crippen molar-refractivity contribution < 1.29 is 60.3 Å². The predicted molar refractivity (Wildman–Crippen MR) is 9.37 cm³/mol. The summed E-state index contributed by atoms with van der Waals surface area (Å²) >= 11 is -7.29. The first-order chi connectivity index (χ1) is 3.46. The second-order valence-electron chi connectivity index (χ2n) is 0.378. The van der Waals surface area contributed by atoms with Gasteiger partial charge in [-0.2, -0.15) is 0 Å². The molecular formula is H2BaBr2O7. The molecule has 0 aliphatic rings. The Labute approximate surface area is 107 Å². The molecule has 0 saturated heterocycles. The van der Waals surface area contributed by atoms with Gasteiger partial charge in [0.2, 0.25) is 29.6 Å². The van der Waals surface area contributed by atoms with Crippen LogP contribution in [0.2, 0.25) is 0 Å². The van der Waals surface area contributed by atoms with E-state index in [0.717, 1.165) is 0 Å². The van der Waals surface area contributed by atoms with Crippen LogP contribution in [0.1, 0.15) is 0 Å². The van der Waals surface area contributed by atoms with E-state index in [0.29, 0.717) is 0 Å². The van der Waals surface area contributed by atoms with Crippen LogP contribution < -0.4 is 25.2 Å². The Bertz CT molecular complexity index is 27.1. The van der Waals surface area contributed by atoms with E-state index in [4.69, 9.17) is 25.2 Å². The molecule has 0 aromatic carbocycles.